The quantitative estimate of drug-likeness (QED) is 0.811. The summed E-state index contributed by atoms with van der Waals surface area (Å²) in [5, 5.41) is 9.93. The maximum atomic E-state index is 9.93. The topological polar surface area (TPSA) is 49.5 Å². The van der Waals surface area contributed by atoms with Crippen LogP contribution < -0.4 is 5.73 Å². The third-order valence-electron chi connectivity index (χ3n) is 4.85. The van der Waals surface area contributed by atoms with E-state index in [1.165, 1.54) is 12.8 Å². The van der Waals surface area contributed by atoms with Crippen LogP contribution in [0.5, 0.6) is 0 Å². The molecule has 3 N–H and O–H groups in total. The number of nitrogens with zero attached hydrogens (tertiary/aromatic N) is 1. The number of hydrogen-bond acceptors (Lipinski definition) is 3. The summed E-state index contributed by atoms with van der Waals surface area (Å²) in [6.07, 6.45) is 5.31. The Morgan fingerprint density at radius 1 is 1.22 bits per heavy atom. The van der Waals surface area contributed by atoms with Crippen LogP contribution in [0.15, 0.2) is 0 Å². The van der Waals surface area contributed by atoms with Gasteiger partial charge in [0.25, 0.3) is 0 Å². The summed E-state index contributed by atoms with van der Waals surface area (Å²) in [5.41, 5.74) is 6.62. The van der Waals surface area contributed by atoms with E-state index in [9.17, 15) is 5.11 Å². The second kappa shape index (κ2) is 5.10. The molecule has 0 aliphatic carbocycles. The maximum Gasteiger partial charge on any atom is 0.0570 e. The molecule has 2 fully saturated rings. The van der Waals surface area contributed by atoms with Crippen molar-refractivity contribution in [3.8, 4) is 0 Å². The molecule has 2 aliphatic heterocycles. The van der Waals surface area contributed by atoms with Crippen LogP contribution in [0.2, 0.25) is 0 Å². The fourth-order valence-electron chi connectivity index (χ4n) is 4.17. The maximum absolute atomic E-state index is 9.93. The summed E-state index contributed by atoms with van der Waals surface area (Å²) >= 11 is 0. The van der Waals surface area contributed by atoms with Gasteiger partial charge in [0.05, 0.1) is 6.10 Å². The number of aliphatic hydroxyl groups excluding tert-OH is 1. The van der Waals surface area contributed by atoms with Crippen LogP contribution in [0, 0.1) is 5.41 Å². The molecular weight excluding hydrogens is 224 g/mol. The van der Waals surface area contributed by atoms with Crippen molar-refractivity contribution in [3.63, 3.8) is 0 Å². The molecule has 0 amide bonds. The van der Waals surface area contributed by atoms with Crippen molar-refractivity contribution in [3.05, 3.63) is 0 Å². The van der Waals surface area contributed by atoms with E-state index in [1.54, 1.807) is 0 Å². The monoisotopic (exact) mass is 254 g/mol. The second-order valence-electron chi connectivity index (χ2n) is 7.34. The Morgan fingerprint density at radius 2 is 1.72 bits per heavy atom. The van der Waals surface area contributed by atoms with Gasteiger partial charge in [0.2, 0.25) is 0 Å². The number of rotatable bonds is 3. The molecule has 18 heavy (non-hydrogen) atoms. The lowest BCUT2D eigenvalue weighted by atomic mass is 9.78. The van der Waals surface area contributed by atoms with Gasteiger partial charge in [-0.3, -0.25) is 4.90 Å². The largest absolute Gasteiger partial charge is 0.393 e. The summed E-state index contributed by atoms with van der Waals surface area (Å²) in [5.74, 6) is 0. The van der Waals surface area contributed by atoms with Gasteiger partial charge in [0.15, 0.2) is 0 Å². The van der Waals surface area contributed by atoms with Gasteiger partial charge in [-0.2, -0.15) is 0 Å². The summed E-state index contributed by atoms with van der Waals surface area (Å²) in [6.45, 7) is 9.09. The predicted octanol–water partition coefficient (Wildman–Crippen LogP) is 2.13. The number of fused-ring (bicyclic) bond motifs is 2. The fourth-order valence-corrected chi connectivity index (χ4v) is 4.17. The molecule has 4 atom stereocenters. The van der Waals surface area contributed by atoms with Gasteiger partial charge in [0.1, 0.15) is 0 Å². The van der Waals surface area contributed by atoms with Gasteiger partial charge in [-0.15, -0.1) is 0 Å². The Morgan fingerprint density at radius 3 is 2.11 bits per heavy atom. The average molecular weight is 254 g/mol. The fraction of sp³-hybridized carbons (Fsp3) is 1.00. The van der Waals surface area contributed by atoms with Gasteiger partial charge in [-0.25, -0.2) is 0 Å². The number of nitrogens with two attached hydrogens (primary N) is 1. The highest BCUT2D eigenvalue weighted by Crippen LogP contribution is 2.42. The first-order valence-electron chi connectivity index (χ1n) is 7.55. The first-order valence-corrected chi connectivity index (χ1v) is 7.55. The van der Waals surface area contributed by atoms with Crippen LogP contribution in [0.4, 0.5) is 0 Å². The van der Waals surface area contributed by atoms with Crippen LogP contribution >= 0.6 is 0 Å². The molecule has 0 aromatic heterocycles. The van der Waals surface area contributed by atoms with Gasteiger partial charge in [0, 0.05) is 24.2 Å². The molecule has 0 aromatic carbocycles. The van der Waals surface area contributed by atoms with Crippen molar-refractivity contribution in [2.75, 3.05) is 0 Å². The molecule has 2 heterocycles. The number of piperidine rings is 1. The summed E-state index contributed by atoms with van der Waals surface area (Å²) < 4.78 is 0. The lowest BCUT2D eigenvalue weighted by Gasteiger charge is -2.49. The zero-order valence-corrected chi connectivity index (χ0v) is 12.4. The van der Waals surface area contributed by atoms with E-state index >= 15 is 0 Å². The van der Waals surface area contributed by atoms with Gasteiger partial charge in [-0.1, -0.05) is 27.7 Å². The number of aliphatic hydroxyl groups is 1. The molecule has 2 aliphatic rings. The first-order chi connectivity index (χ1) is 8.34. The third kappa shape index (κ3) is 2.59. The lowest BCUT2D eigenvalue weighted by molar-refractivity contribution is -0.0302. The van der Waals surface area contributed by atoms with Gasteiger partial charge in [-0.05, 0) is 37.5 Å². The summed E-state index contributed by atoms with van der Waals surface area (Å²) in [4.78, 5) is 2.67. The van der Waals surface area contributed by atoms with Crippen molar-refractivity contribution >= 4 is 0 Å². The van der Waals surface area contributed by atoms with Crippen LogP contribution in [-0.2, 0) is 0 Å². The summed E-state index contributed by atoms with van der Waals surface area (Å²) in [7, 11) is 0. The van der Waals surface area contributed by atoms with Gasteiger partial charge >= 0.3 is 0 Å². The van der Waals surface area contributed by atoms with Crippen LogP contribution in [0.25, 0.3) is 0 Å². The number of hydrogen-bond donors (Lipinski definition) is 2. The molecule has 106 valence electrons. The Hall–Kier alpha value is -0.120. The minimum atomic E-state index is -0.0859. The highest BCUT2D eigenvalue weighted by Gasteiger charge is 2.47. The van der Waals surface area contributed by atoms with E-state index in [1.807, 2.05) is 0 Å². The van der Waals surface area contributed by atoms with E-state index in [0.717, 1.165) is 19.3 Å². The molecule has 2 rings (SSSR count). The minimum absolute atomic E-state index is 0.0859. The van der Waals surface area contributed by atoms with E-state index in [-0.39, 0.29) is 17.6 Å². The molecule has 3 nitrogen and oxygen atoms in total. The molecule has 0 aromatic rings. The Labute approximate surface area is 112 Å². The molecule has 4 unspecified atom stereocenters. The minimum Gasteiger partial charge on any atom is -0.393 e. The predicted molar refractivity (Wildman–Crippen MR) is 75.4 cm³/mol. The molecule has 0 saturated carbocycles. The Bertz CT molecular complexity index is 273. The van der Waals surface area contributed by atoms with Crippen molar-refractivity contribution in [1.29, 1.82) is 0 Å². The van der Waals surface area contributed by atoms with E-state index in [2.05, 4.69) is 32.6 Å². The Kier molecular flexibility index (Phi) is 4.05. The first kappa shape index (κ1) is 14.3. The highest BCUT2D eigenvalue weighted by molar-refractivity contribution is 5.03. The van der Waals surface area contributed by atoms with Crippen LogP contribution in [0.3, 0.4) is 0 Å². The molecule has 2 saturated heterocycles. The zero-order valence-electron chi connectivity index (χ0n) is 12.4. The van der Waals surface area contributed by atoms with E-state index in [4.69, 9.17) is 5.73 Å². The highest BCUT2D eigenvalue weighted by atomic mass is 16.3. The molecule has 3 heteroatoms. The summed E-state index contributed by atoms with van der Waals surface area (Å²) in [6, 6.07) is 1.79. The molecule has 0 radical (unpaired) electrons. The van der Waals surface area contributed by atoms with Crippen LogP contribution in [-0.4, -0.2) is 40.3 Å². The third-order valence-corrected chi connectivity index (χ3v) is 4.85. The van der Waals surface area contributed by atoms with Crippen molar-refractivity contribution in [1.82, 2.24) is 4.90 Å². The van der Waals surface area contributed by atoms with Gasteiger partial charge < -0.3 is 10.8 Å². The SMILES string of the molecule is CCC(N)C(N1C2CCC1CC(O)C2)C(C)(C)C. The lowest BCUT2D eigenvalue weighted by Crippen LogP contribution is -2.60. The molecule has 2 bridgehead atoms. The van der Waals surface area contributed by atoms with Crippen molar-refractivity contribution in [2.24, 2.45) is 11.1 Å². The zero-order chi connectivity index (χ0) is 13.5. The van der Waals surface area contributed by atoms with E-state index in [0.29, 0.717) is 18.1 Å². The molecular formula is C15H30N2O. The van der Waals surface area contributed by atoms with E-state index < -0.39 is 0 Å². The normalized spacial score (nSPS) is 36.7. The Balaban J connectivity index is 2.22. The standard InChI is InChI=1S/C15H30N2O/c1-5-13(16)14(15(2,3)4)17-10-6-7-11(17)9-12(18)8-10/h10-14,18H,5-9,16H2,1-4H3. The smallest absolute Gasteiger partial charge is 0.0570 e. The van der Waals surface area contributed by atoms with Crippen molar-refractivity contribution in [2.45, 2.75) is 90.1 Å². The van der Waals surface area contributed by atoms with Crippen LogP contribution in [0.1, 0.15) is 59.8 Å². The second-order valence-corrected chi connectivity index (χ2v) is 7.34. The average Bonchev–Trinajstić information content (AvgIpc) is 2.51. The van der Waals surface area contributed by atoms with Crippen molar-refractivity contribution < 1.29 is 5.11 Å². The molecule has 0 spiro atoms.